The second kappa shape index (κ2) is 12.0. The van der Waals surface area contributed by atoms with E-state index >= 15 is 0 Å². The molecule has 0 aliphatic heterocycles. The summed E-state index contributed by atoms with van der Waals surface area (Å²) in [7, 11) is 0. The molecule has 35 heavy (non-hydrogen) atoms. The lowest BCUT2D eigenvalue weighted by molar-refractivity contribution is 0.0950. The number of rotatable bonds is 12. The predicted octanol–water partition coefficient (Wildman–Crippen LogP) is 6.37. The van der Waals surface area contributed by atoms with Crippen molar-refractivity contribution in [3.8, 4) is 17.0 Å². The lowest BCUT2D eigenvalue weighted by Gasteiger charge is -2.06. The molecule has 0 atom stereocenters. The highest BCUT2D eigenvalue weighted by Gasteiger charge is 2.11. The lowest BCUT2D eigenvalue weighted by Crippen LogP contribution is -2.18. The maximum absolute atomic E-state index is 12.5. The second-order valence-electron chi connectivity index (χ2n) is 8.72. The summed E-state index contributed by atoms with van der Waals surface area (Å²) >= 11 is 0. The first-order valence-electron chi connectivity index (χ1n) is 12.3. The van der Waals surface area contributed by atoms with Crippen LogP contribution in [0.25, 0.3) is 22.2 Å². The molecule has 0 saturated carbocycles. The molecule has 0 radical (unpaired) electrons. The van der Waals surface area contributed by atoms with Gasteiger partial charge in [0.15, 0.2) is 0 Å². The van der Waals surface area contributed by atoms with E-state index in [1.54, 1.807) is 12.3 Å². The van der Waals surface area contributed by atoms with Crippen LogP contribution in [0.4, 0.5) is 0 Å². The van der Waals surface area contributed by atoms with E-state index in [1.165, 1.54) is 32.1 Å². The van der Waals surface area contributed by atoms with Gasteiger partial charge in [-0.2, -0.15) is 10.2 Å². The quantitative estimate of drug-likeness (QED) is 0.127. The number of unbranched alkanes of at least 4 members (excludes halogenated alkanes) is 5. The molecule has 0 spiro atoms. The second-order valence-corrected chi connectivity index (χ2v) is 8.72. The molecule has 3 N–H and O–H groups in total. The molecule has 4 aromatic rings. The smallest absolute Gasteiger partial charge is 0.289 e. The van der Waals surface area contributed by atoms with E-state index in [1.807, 2.05) is 55.5 Å². The van der Waals surface area contributed by atoms with Crippen molar-refractivity contribution in [2.24, 2.45) is 5.10 Å². The van der Waals surface area contributed by atoms with Crippen molar-refractivity contribution in [1.82, 2.24) is 20.6 Å². The van der Waals surface area contributed by atoms with Gasteiger partial charge in [0.25, 0.3) is 5.91 Å². The van der Waals surface area contributed by atoms with Crippen LogP contribution in [0.2, 0.25) is 0 Å². The molecule has 0 aliphatic carbocycles. The Bertz CT molecular complexity index is 1270. The fourth-order valence-electron chi connectivity index (χ4n) is 4.06. The van der Waals surface area contributed by atoms with Gasteiger partial charge in [-0.3, -0.25) is 9.89 Å². The number of aryl methyl sites for hydroxylation is 1. The highest BCUT2D eigenvalue weighted by Crippen LogP contribution is 2.22. The summed E-state index contributed by atoms with van der Waals surface area (Å²) in [6, 6.07) is 17.5. The first-order valence-corrected chi connectivity index (χ1v) is 12.3. The number of hydrogen-bond acceptors (Lipinski definition) is 4. The molecule has 2 heterocycles. The summed E-state index contributed by atoms with van der Waals surface area (Å²) in [6.07, 6.45) is 9.12. The molecule has 1 amide bonds. The Morgan fingerprint density at radius 3 is 2.66 bits per heavy atom. The zero-order valence-electron chi connectivity index (χ0n) is 20.4. The van der Waals surface area contributed by atoms with Crippen molar-refractivity contribution in [2.45, 2.75) is 52.4 Å². The number of aromatic amines is 2. The molecule has 0 unspecified atom stereocenters. The van der Waals surface area contributed by atoms with Crippen LogP contribution in [0, 0.1) is 6.92 Å². The average molecular weight is 472 g/mol. The summed E-state index contributed by atoms with van der Waals surface area (Å²) in [5.41, 5.74) is 7.49. The lowest BCUT2D eigenvalue weighted by atomic mass is 10.1. The van der Waals surface area contributed by atoms with Gasteiger partial charge in [0, 0.05) is 27.7 Å². The average Bonchev–Trinajstić information content (AvgIpc) is 3.49. The van der Waals surface area contributed by atoms with Crippen LogP contribution in [0.3, 0.4) is 0 Å². The Morgan fingerprint density at radius 1 is 1.06 bits per heavy atom. The molecule has 182 valence electrons. The summed E-state index contributed by atoms with van der Waals surface area (Å²) in [5, 5.41) is 12.3. The van der Waals surface area contributed by atoms with Gasteiger partial charge in [-0.1, -0.05) is 57.2 Å². The highest BCUT2D eigenvalue weighted by atomic mass is 16.5. The number of nitrogens with one attached hydrogen (secondary N) is 3. The fraction of sp³-hybridized carbons (Fsp3) is 0.321. The van der Waals surface area contributed by atoms with Gasteiger partial charge in [-0.25, -0.2) is 5.43 Å². The van der Waals surface area contributed by atoms with Gasteiger partial charge in [-0.15, -0.1) is 0 Å². The van der Waals surface area contributed by atoms with Gasteiger partial charge >= 0.3 is 0 Å². The van der Waals surface area contributed by atoms with Gasteiger partial charge in [0.2, 0.25) is 0 Å². The third kappa shape index (κ3) is 6.38. The maximum atomic E-state index is 12.5. The molecule has 0 aliphatic rings. The van der Waals surface area contributed by atoms with Crippen LogP contribution in [-0.2, 0) is 0 Å². The number of amides is 1. The van der Waals surface area contributed by atoms with Crippen LogP contribution >= 0.6 is 0 Å². The van der Waals surface area contributed by atoms with Crippen LogP contribution in [-0.4, -0.2) is 33.9 Å². The molecule has 2 aromatic carbocycles. The van der Waals surface area contributed by atoms with Crippen molar-refractivity contribution in [2.75, 3.05) is 6.61 Å². The number of para-hydroxylation sites is 1. The Hall–Kier alpha value is -3.87. The van der Waals surface area contributed by atoms with E-state index in [4.69, 9.17) is 4.74 Å². The van der Waals surface area contributed by atoms with Gasteiger partial charge in [-0.05, 0) is 49.7 Å². The first-order chi connectivity index (χ1) is 17.2. The summed E-state index contributed by atoms with van der Waals surface area (Å²) in [4.78, 5) is 15.8. The minimum atomic E-state index is -0.351. The molecule has 7 heteroatoms. The number of hydrazone groups is 1. The summed E-state index contributed by atoms with van der Waals surface area (Å²) < 4.78 is 5.85. The standard InChI is InChI=1S/C28H33N5O2/c1-3-4-5-6-7-10-17-35-22-15-13-21(14-16-22)26-18-27(32-31-26)28(34)33-29-19-24-20(2)30-25-12-9-8-11-23(24)25/h8-9,11-16,18-19,30H,3-7,10,17H2,1-2H3,(H,31,32)(H,33,34)/b29-19+. The number of nitrogens with zero attached hydrogens (tertiary/aromatic N) is 2. The fourth-order valence-corrected chi connectivity index (χ4v) is 4.06. The number of fused-ring (bicyclic) bond motifs is 1. The molecule has 0 saturated heterocycles. The summed E-state index contributed by atoms with van der Waals surface area (Å²) in [5.74, 6) is 0.495. The van der Waals surface area contributed by atoms with Crippen LogP contribution < -0.4 is 10.2 Å². The zero-order valence-corrected chi connectivity index (χ0v) is 20.4. The van der Waals surface area contributed by atoms with E-state index in [-0.39, 0.29) is 5.91 Å². The Balaban J connectivity index is 1.28. The van der Waals surface area contributed by atoms with Gasteiger partial charge < -0.3 is 9.72 Å². The highest BCUT2D eigenvalue weighted by molar-refractivity contribution is 6.01. The monoisotopic (exact) mass is 471 g/mol. The molecular weight excluding hydrogens is 438 g/mol. The number of aromatic nitrogens is 3. The minimum Gasteiger partial charge on any atom is -0.494 e. The van der Waals surface area contributed by atoms with E-state index in [9.17, 15) is 4.79 Å². The number of hydrogen-bond donors (Lipinski definition) is 3. The zero-order chi connectivity index (χ0) is 24.5. The van der Waals surface area contributed by atoms with Gasteiger partial charge in [0.05, 0.1) is 18.5 Å². The predicted molar refractivity (Wildman–Crippen MR) is 141 cm³/mol. The largest absolute Gasteiger partial charge is 0.494 e. The van der Waals surface area contributed by atoms with E-state index in [0.717, 1.165) is 46.5 Å². The van der Waals surface area contributed by atoms with E-state index in [2.05, 4.69) is 32.6 Å². The Labute approximate surface area is 206 Å². The van der Waals surface area contributed by atoms with Gasteiger partial charge in [0.1, 0.15) is 11.4 Å². The maximum Gasteiger partial charge on any atom is 0.289 e. The van der Waals surface area contributed by atoms with E-state index < -0.39 is 0 Å². The minimum absolute atomic E-state index is 0.344. The number of carbonyl (C=O) groups excluding carboxylic acids is 1. The van der Waals surface area contributed by atoms with Crippen molar-refractivity contribution in [3.63, 3.8) is 0 Å². The number of ether oxygens (including phenoxy) is 1. The first kappa shape index (κ1) is 24.3. The molecule has 0 bridgehead atoms. The van der Waals surface area contributed by atoms with Crippen molar-refractivity contribution in [3.05, 3.63) is 71.5 Å². The number of H-pyrrole nitrogens is 2. The molecule has 4 rings (SSSR count). The van der Waals surface area contributed by atoms with Crippen molar-refractivity contribution < 1.29 is 9.53 Å². The molecule has 2 aromatic heterocycles. The third-order valence-corrected chi connectivity index (χ3v) is 6.04. The van der Waals surface area contributed by atoms with E-state index in [0.29, 0.717) is 11.4 Å². The third-order valence-electron chi connectivity index (χ3n) is 6.04. The van der Waals surface area contributed by atoms with Crippen LogP contribution in [0.5, 0.6) is 5.75 Å². The topological polar surface area (TPSA) is 95.2 Å². The van der Waals surface area contributed by atoms with Crippen LogP contribution in [0.15, 0.2) is 59.7 Å². The Kier molecular flexibility index (Phi) is 8.33. The van der Waals surface area contributed by atoms with Crippen LogP contribution in [0.1, 0.15) is 67.2 Å². The molecular formula is C28H33N5O2. The van der Waals surface area contributed by atoms with Crippen molar-refractivity contribution in [1.29, 1.82) is 0 Å². The Morgan fingerprint density at radius 2 is 1.83 bits per heavy atom. The normalized spacial score (nSPS) is 11.4. The molecule has 7 nitrogen and oxygen atoms in total. The summed E-state index contributed by atoms with van der Waals surface area (Å²) in [6.45, 7) is 4.94. The SMILES string of the molecule is CCCCCCCCOc1ccc(-c2cc(C(=O)N/N=C/c3c(C)[nH]c4ccccc34)[nH]n2)cc1. The molecule has 0 fully saturated rings. The van der Waals surface area contributed by atoms with Crippen molar-refractivity contribution >= 4 is 23.0 Å². The number of benzene rings is 2. The number of carbonyl (C=O) groups is 1.